The quantitative estimate of drug-likeness (QED) is 0.486. The first-order chi connectivity index (χ1) is 14.3. The van der Waals surface area contributed by atoms with Gasteiger partial charge in [0.15, 0.2) is 5.78 Å². The highest BCUT2D eigenvalue weighted by molar-refractivity contribution is 6.43. The second kappa shape index (κ2) is 9.28. The largest absolute Gasteiger partial charge is 0.475 e. The molecule has 0 spiro atoms. The number of nitrogens with one attached hydrogen (secondary N) is 1. The number of hydrogen-bond donors (Lipinski definition) is 3. The van der Waals surface area contributed by atoms with Crippen LogP contribution in [0.5, 0.6) is 0 Å². The fourth-order valence-electron chi connectivity index (χ4n) is 1.66. The minimum absolute atomic E-state index is 0.0102. The van der Waals surface area contributed by atoms with Crippen LogP contribution in [0, 0.1) is 5.89 Å². The maximum atomic E-state index is 12.3. The highest BCUT2D eigenvalue weighted by atomic mass is 35.5. The lowest BCUT2D eigenvalue weighted by atomic mass is 9.75. The summed E-state index contributed by atoms with van der Waals surface area (Å²) in [6.07, 6.45) is -4.76. The molecular formula is C15H20BCl2NO4. The second-order valence-corrected chi connectivity index (χ2v) is 5.37. The molecule has 0 unspecified atom stereocenters. The minimum Gasteiger partial charge on any atom is -0.426 e. The lowest BCUT2D eigenvalue weighted by Gasteiger charge is -2.19. The predicted octanol–water partition coefficient (Wildman–Crippen LogP) is 2.50. The van der Waals surface area contributed by atoms with Gasteiger partial charge in [-0.3, -0.25) is 9.59 Å². The fourth-order valence-corrected chi connectivity index (χ4v) is 2.05. The van der Waals surface area contributed by atoms with Crippen molar-refractivity contribution in [1.29, 1.82) is 0 Å². The van der Waals surface area contributed by atoms with Crippen LogP contribution in [0.4, 0.5) is 0 Å². The molecule has 0 saturated carbocycles. The molecule has 1 aromatic rings. The molecule has 8 heteroatoms. The molecule has 126 valence electrons. The summed E-state index contributed by atoms with van der Waals surface area (Å²) in [5.41, 5.74) is 0.0102. The highest BCUT2D eigenvalue weighted by Gasteiger charge is 2.26. The number of ketones is 1. The summed E-state index contributed by atoms with van der Waals surface area (Å²) in [5, 5.41) is 21.2. The van der Waals surface area contributed by atoms with Crippen molar-refractivity contribution < 1.29 is 32.0 Å². The van der Waals surface area contributed by atoms with Crippen LogP contribution in [0.3, 0.4) is 0 Å². The lowest BCUT2D eigenvalue weighted by molar-refractivity contribution is -0.121. The molecule has 0 bridgehead atoms. The normalized spacial score (nSPS) is 20.1. The number of hydrogen-bond acceptors (Lipinski definition) is 4. The predicted molar refractivity (Wildman–Crippen MR) is 91.6 cm³/mol. The van der Waals surface area contributed by atoms with Gasteiger partial charge >= 0.3 is 7.12 Å². The topological polar surface area (TPSA) is 86.6 Å². The van der Waals surface area contributed by atoms with Crippen molar-refractivity contribution in [3.8, 4) is 0 Å². The third kappa shape index (κ3) is 6.91. The van der Waals surface area contributed by atoms with Crippen molar-refractivity contribution in [2.75, 3.05) is 0 Å². The van der Waals surface area contributed by atoms with E-state index in [-0.39, 0.29) is 15.6 Å². The Morgan fingerprint density at radius 1 is 1.39 bits per heavy atom. The van der Waals surface area contributed by atoms with Crippen molar-refractivity contribution in [3.05, 3.63) is 33.8 Å². The zero-order valence-electron chi connectivity index (χ0n) is 20.8. The van der Waals surface area contributed by atoms with E-state index in [2.05, 4.69) is 0 Å². The van der Waals surface area contributed by atoms with Crippen LogP contribution in [0.15, 0.2) is 18.2 Å². The molecule has 1 rings (SSSR count). The van der Waals surface area contributed by atoms with Gasteiger partial charge in [0, 0.05) is 35.8 Å². The van der Waals surface area contributed by atoms with Crippen molar-refractivity contribution in [2.24, 2.45) is 5.89 Å². The summed E-state index contributed by atoms with van der Waals surface area (Å²) in [6.45, 7) is -7.47. The third-order valence-corrected chi connectivity index (χ3v) is 3.29. The summed E-state index contributed by atoms with van der Waals surface area (Å²) >= 11 is 11.7. The van der Waals surface area contributed by atoms with E-state index in [0.717, 1.165) is 0 Å². The van der Waals surface area contributed by atoms with Crippen LogP contribution >= 0.6 is 23.2 Å². The molecule has 0 fully saturated rings. The maximum absolute atomic E-state index is 12.3. The molecule has 23 heavy (non-hydrogen) atoms. The van der Waals surface area contributed by atoms with Gasteiger partial charge in [-0.25, -0.2) is 0 Å². The van der Waals surface area contributed by atoms with Gasteiger partial charge in [-0.2, -0.15) is 0 Å². The number of carbonyl (C=O) groups is 2. The Morgan fingerprint density at radius 3 is 2.70 bits per heavy atom. The Kier molecular flexibility index (Phi) is 4.05. The van der Waals surface area contributed by atoms with Gasteiger partial charge in [-0.1, -0.05) is 36.9 Å². The van der Waals surface area contributed by atoms with E-state index in [4.69, 9.17) is 35.5 Å². The number of amides is 1. The first-order valence-electron chi connectivity index (χ1n) is 10.9. The van der Waals surface area contributed by atoms with Crippen molar-refractivity contribution >= 4 is 42.0 Å². The molecular weight excluding hydrogens is 340 g/mol. The Bertz CT molecular complexity index is 850. The molecule has 0 heterocycles. The second-order valence-electron chi connectivity index (χ2n) is 4.53. The van der Waals surface area contributed by atoms with E-state index >= 15 is 0 Å². The van der Waals surface area contributed by atoms with E-state index in [1.165, 1.54) is 18.2 Å². The SMILES string of the molecule is [2H]C([2H])([2H])C([2H])(C([2H])([2H])[2H])C([2H])([2H])[C@H](NC(=O)CCC(=O)c1cc(Cl)ccc1Cl)B(O)O. The molecule has 0 aliphatic carbocycles. The van der Waals surface area contributed by atoms with Gasteiger partial charge < -0.3 is 15.4 Å². The number of Topliss-reactive ketones (excluding diaryl/α,β-unsaturated/α-hetero) is 1. The Morgan fingerprint density at radius 2 is 2.09 bits per heavy atom. The molecule has 0 aliphatic rings. The van der Waals surface area contributed by atoms with E-state index in [1.54, 1.807) is 5.32 Å². The Labute approximate surface area is 158 Å². The summed E-state index contributed by atoms with van der Waals surface area (Å²) < 4.78 is 68.3. The summed E-state index contributed by atoms with van der Waals surface area (Å²) in [4.78, 5) is 24.6. The maximum Gasteiger partial charge on any atom is 0.475 e. The first-order valence-corrected chi connectivity index (χ1v) is 7.16. The van der Waals surface area contributed by atoms with Crippen LogP contribution in [-0.2, 0) is 4.79 Å². The van der Waals surface area contributed by atoms with Crippen LogP contribution in [0.25, 0.3) is 0 Å². The summed E-state index contributed by atoms with van der Waals surface area (Å²) in [5.74, 6) is -8.09. The lowest BCUT2D eigenvalue weighted by Crippen LogP contribution is -2.47. The Hall–Kier alpha value is -1.08. The molecule has 0 aliphatic heterocycles. The van der Waals surface area contributed by atoms with Gasteiger partial charge in [0.05, 0.1) is 11.0 Å². The zero-order valence-corrected chi connectivity index (χ0v) is 13.3. The molecule has 0 saturated heterocycles. The Balaban J connectivity index is 3.11. The molecule has 0 aromatic heterocycles. The van der Waals surface area contributed by atoms with Gasteiger partial charge in [0.2, 0.25) is 5.91 Å². The molecule has 1 amide bonds. The van der Waals surface area contributed by atoms with Crippen LogP contribution in [0.1, 0.15) is 55.6 Å². The molecule has 0 radical (unpaired) electrons. The van der Waals surface area contributed by atoms with E-state index in [1.807, 2.05) is 0 Å². The number of halogens is 2. The van der Waals surface area contributed by atoms with Crippen molar-refractivity contribution in [2.45, 2.75) is 38.9 Å². The van der Waals surface area contributed by atoms with E-state index < -0.39 is 63.6 Å². The van der Waals surface area contributed by atoms with Gasteiger partial charge in [0.1, 0.15) is 0 Å². The molecule has 5 nitrogen and oxygen atoms in total. The first kappa shape index (κ1) is 10.0. The average molecular weight is 369 g/mol. The van der Waals surface area contributed by atoms with E-state index in [0.29, 0.717) is 0 Å². The van der Waals surface area contributed by atoms with Crippen molar-refractivity contribution in [3.63, 3.8) is 0 Å². The highest BCUT2D eigenvalue weighted by Crippen LogP contribution is 2.22. The van der Waals surface area contributed by atoms with Crippen LogP contribution in [0.2, 0.25) is 10.0 Å². The van der Waals surface area contributed by atoms with Crippen LogP contribution in [-0.4, -0.2) is 34.8 Å². The molecule has 3 N–H and O–H groups in total. The number of carbonyl (C=O) groups excluding carboxylic acids is 2. The number of rotatable bonds is 8. The summed E-state index contributed by atoms with van der Waals surface area (Å²) in [7, 11) is -2.76. The smallest absolute Gasteiger partial charge is 0.426 e. The molecule has 1 atom stereocenters. The molecule has 1 aromatic carbocycles. The minimum atomic E-state index is -3.83. The monoisotopic (exact) mass is 368 g/mol. The fraction of sp³-hybridized carbons (Fsp3) is 0.467. The van der Waals surface area contributed by atoms with E-state index in [9.17, 15) is 19.6 Å². The standard InChI is InChI=1S/C15H20BCl2NO4/c1-9(2)7-14(16(22)23)19-15(21)6-5-13(20)11-8-10(17)3-4-12(11)18/h3-4,8-9,14,22-23H,5-7H2,1-2H3,(H,19,21)/t14-/m0/s1/i1D3,2D3,7D2,9D. The van der Waals surface area contributed by atoms with Crippen molar-refractivity contribution in [1.82, 2.24) is 5.32 Å². The average Bonchev–Trinajstić information content (AvgIpc) is 2.62. The van der Waals surface area contributed by atoms with Gasteiger partial charge in [-0.15, -0.1) is 0 Å². The number of benzene rings is 1. The summed E-state index contributed by atoms with van der Waals surface area (Å²) in [6, 6.07) is 4.07. The van der Waals surface area contributed by atoms with Crippen LogP contribution < -0.4 is 5.32 Å². The van der Waals surface area contributed by atoms with Gasteiger partial charge in [-0.05, 0) is 30.5 Å². The van der Waals surface area contributed by atoms with Gasteiger partial charge in [0.25, 0.3) is 0 Å². The zero-order chi connectivity index (χ0) is 25.3. The third-order valence-electron chi connectivity index (χ3n) is 2.72.